The Labute approximate surface area is 101 Å². The standard InChI is InChI=1S/C14H18O3/c1-9(10-7-5-4-6-8-10)11-12(15)14(2,3)13(16)17-11/h4-9,11-12,15H,1-3H3/t9-,11-,12+/m0/s1. The van der Waals surface area contributed by atoms with Crippen molar-refractivity contribution in [2.24, 2.45) is 5.41 Å². The van der Waals surface area contributed by atoms with Crippen LogP contribution in [0.2, 0.25) is 0 Å². The van der Waals surface area contributed by atoms with E-state index in [1.807, 2.05) is 37.3 Å². The SMILES string of the molecule is C[C@@H](c1ccccc1)[C@@H]1OC(=O)C(C)(C)[C@@H]1O. The van der Waals surface area contributed by atoms with E-state index in [0.717, 1.165) is 5.56 Å². The van der Waals surface area contributed by atoms with Crippen LogP contribution in [0.4, 0.5) is 0 Å². The predicted octanol–water partition coefficient (Wildman–Crippen LogP) is 2.10. The first-order valence-corrected chi connectivity index (χ1v) is 5.88. The minimum Gasteiger partial charge on any atom is -0.458 e. The molecule has 1 aliphatic rings. The second-order valence-corrected chi connectivity index (χ2v) is 5.24. The molecule has 0 spiro atoms. The topological polar surface area (TPSA) is 46.5 Å². The predicted molar refractivity (Wildman–Crippen MR) is 64.5 cm³/mol. The van der Waals surface area contributed by atoms with Crippen molar-refractivity contribution in [3.63, 3.8) is 0 Å². The third-order valence-electron chi connectivity index (χ3n) is 3.64. The van der Waals surface area contributed by atoms with Gasteiger partial charge in [-0.3, -0.25) is 4.79 Å². The van der Waals surface area contributed by atoms with Gasteiger partial charge in [0.05, 0.1) is 5.41 Å². The lowest BCUT2D eigenvalue weighted by Crippen LogP contribution is -2.36. The van der Waals surface area contributed by atoms with Crippen LogP contribution in [-0.4, -0.2) is 23.3 Å². The van der Waals surface area contributed by atoms with Gasteiger partial charge in [0.2, 0.25) is 0 Å². The van der Waals surface area contributed by atoms with Gasteiger partial charge in [0.25, 0.3) is 0 Å². The number of hydrogen-bond donors (Lipinski definition) is 1. The molecular weight excluding hydrogens is 216 g/mol. The van der Waals surface area contributed by atoms with Crippen molar-refractivity contribution in [3.05, 3.63) is 35.9 Å². The molecule has 0 aliphatic carbocycles. The van der Waals surface area contributed by atoms with Crippen molar-refractivity contribution in [1.29, 1.82) is 0 Å². The van der Waals surface area contributed by atoms with E-state index < -0.39 is 17.6 Å². The van der Waals surface area contributed by atoms with E-state index in [9.17, 15) is 9.90 Å². The lowest BCUT2D eigenvalue weighted by atomic mass is 9.81. The van der Waals surface area contributed by atoms with Crippen LogP contribution in [-0.2, 0) is 9.53 Å². The van der Waals surface area contributed by atoms with E-state index >= 15 is 0 Å². The van der Waals surface area contributed by atoms with Gasteiger partial charge in [0.15, 0.2) is 0 Å². The monoisotopic (exact) mass is 234 g/mol. The summed E-state index contributed by atoms with van der Waals surface area (Å²) < 4.78 is 5.32. The number of esters is 1. The molecule has 1 fully saturated rings. The summed E-state index contributed by atoms with van der Waals surface area (Å²) in [7, 11) is 0. The van der Waals surface area contributed by atoms with Crippen LogP contribution in [0.1, 0.15) is 32.3 Å². The smallest absolute Gasteiger partial charge is 0.314 e. The normalized spacial score (nSPS) is 28.8. The van der Waals surface area contributed by atoms with Crippen LogP contribution in [0.5, 0.6) is 0 Å². The number of carbonyl (C=O) groups is 1. The maximum atomic E-state index is 11.7. The Balaban J connectivity index is 2.23. The second-order valence-electron chi connectivity index (χ2n) is 5.24. The zero-order chi connectivity index (χ0) is 12.6. The van der Waals surface area contributed by atoms with Gasteiger partial charge in [-0.2, -0.15) is 0 Å². The van der Waals surface area contributed by atoms with Crippen molar-refractivity contribution < 1.29 is 14.6 Å². The number of ether oxygens (including phenoxy) is 1. The maximum absolute atomic E-state index is 11.7. The minimum absolute atomic E-state index is 0.00285. The largest absolute Gasteiger partial charge is 0.458 e. The number of aliphatic hydroxyl groups is 1. The van der Waals surface area contributed by atoms with Crippen molar-refractivity contribution in [2.75, 3.05) is 0 Å². The number of aliphatic hydroxyl groups excluding tert-OH is 1. The quantitative estimate of drug-likeness (QED) is 0.797. The van der Waals surface area contributed by atoms with Crippen molar-refractivity contribution in [1.82, 2.24) is 0 Å². The molecule has 92 valence electrons. The van der Waals surface area contributed by atoms with Crippen LogP contribution in [0.25, 0.3) is 0 Å². The molecule has 3 nitrogen and oxygen atoms in total. The van der Waals surface area contributed by atoms with Crippen LogP contribution in [0, 0.1) is 5.41 Å². The van der Waals surface area contributed by atoms with E-state index in [1.165, 1.54) is 0 Å². The number of carbonyl (C=O) groups excluding carboxylic acids is 1. The summed E-state index contributed by atoms with van der Waals surface area (Å²) in [5.74, 6) is -0.324. The molecule has 1 heterocycles. The summed E-state index contributed by atoms with van der Waals surface area (Å²) in [6.07, 6.45) is -1.22. The molecule has 0 saturated carbocycles. The third kappa shape index (κ3) is 1.95. The van der Waals surface area contributed by atoms with E-state index in [4.69, 9.17) is 4.74 Å². The summed E-state index contributed by atoms with van der Waals surface area (Å²) in [6.45, 7) is 5.41. The van der Waals surface area contributed by atoms with E-state index in [1.54, 1.807) is 13.8 Å². The highest BCUT2D eigenvalue weighted by atomic mass is 16.6. The van der Waals surface area contributed by atoms with E-state index in [2.05, 4.69) is 0 Å². The van der Waals surface area contributed by atoms with Gasteiger partial charge in [-0.1, -0.05) is 37.3 Å². The number of hydrogen-bond acceptors (Lipinski definition) is 3. The van der Waals surface area contributed by atoms with Gasteiger partial charge in [-0.05, 0) is 19.4 Å². The summed E-state index contributed by atoms with van der Waals surface area (Å²) in [5, 5.41) is 10.2. The van der Waals surface area contributed by atoms with Gasteiger partial charge in [0, 0.05) is 5.92 Å². The van der Waals surface area contributed by atoms with Gasteiger partial charge in [0.1, 0.15) is 12.2 Å². The first kappa shape index (κ1) is 12.1. The van der Waals surface area contributed by atoms with Gasteiger partial charge >= 0.3 is 5.97 Å². The molecule has 3 atom stereocenters. The maximum Gasteiger partial charge on any atom is 0.314 e. The number of cyclic esters (lactones) is 1. The number of rotatable bonds is 2. The average molecular weight is 234 g/mol. The molecule has 3 heteroatoms. The fourth-order valence-corrected chi connectivity index (χ4v) is 2.19. The van der Waals surface area contributed by atoms with Crippen LogP contribution in [0.15, 0.2) is 30.3 Å². The summed E-state index contributed by atoms with van der Waals surface area (Å²) in [4.78, 5) is 11.7. The molecule has 2 rings (SSSR count). The molecule has 1 N–H and O–H groups in total. The highest BCUT2D eigenvalue weighted by Crippen LogP contribution is 2.39. The zero-order valence-electron chi connectivity index (χ0n) is 10.4. The first-order chi connectivity index (χ1) is 7.94. The Morgan fingerprint density at radius 3 is 2.35 bits per heavy atom. The Morgan fingerprint density at radius 2 is 1.88 bits per heavy atom. The average Bonchev–Trinajstić information content (AvgIpc) is 2.53. The highest BCUT2D eigenvalue weighted by Gasteiger charge is 2.52. The Bertz CT molecular complexity index is 411. The van der Waals surface area contributed by atoms with Crippen molar-refractivity contribution in [2.45, 2.75) is 38.9 Å². The van der Waals surface area contributed by atoms with Gasteiger partial charge in [-0.25, -0.2) is 0 Å². The fourth-order valence-electron chi connectivity index (χ4n) is 2.19. The van der Waals surface area contributed by atoms with Crippen LogP contribution in [0.3, 0.4) is 0 Å². The molecule has 17 heavy (non-hydrogen) atoms. The molecule has 1 saturated heterocycles. The lowest BCUT2D eigenvalue weighted by Gasteiger charge is -2.24. The van der Waals surface area contributed by atoms with Gasteiger partial charge < -0.3 is 9.84 Å². The van der Waals surface area contributed by atoms with Crippen molar-refractivity contribution in [3.8, 4) is 0 Å². The second kappa shape index (κ2) is 4.15. The third-order valence-corrected chi connectivity index (χ3v) is 3.64. The molecule has 1 aromatic rings. The van der Waals surface area contributed by atoms with Crippen LogP contribution < -0.4 is 0 Å². The Kier molecular flexibility index (Phi) is 2.96. The fraction of sp³-hybridized carbons (Fsp3) is 0.500. The molecule has 0 aromatic heterocycles. The molecule has 1 aliphatic heterocycles. The Morgan fingerprint density at radius 1 is 1.29 bits per heavy atom. The minimum atomic E-state index is -0.812. The summed E-state index contributed by atoms with van der Waals surface area (Å²) >= 11 is 0. The zero-order valence-corrected chi connectivity index (χ0v) is 10.4. The van der Waals surface area contributed by atoms with E-state index in [0.29, 0.717) is 0 Å². The summed E-state index contributed by atoms with van der Waals surface area (Å²) in [5.41, 5.74) is 0.260. The summed E-state index contributed by atoms with van der Waals surface area (Å²) in [6, 6.07) is 9.80. The lowest BCUT2D eigenvalue weighted by molar-refractivity contribution is -0.148. The molecule has 0 radical (unpaired) electrons. The van der Waals surface area contributed by atoms with E-state index in [-0.39, 0.29) is 11.9 Å². The molecule has 0 unspecified atom stereocenters. The Hall–Kier alpha value is -1.35. The number of benzene rings is 1. The molecule has 0 bridgehead atoms. The molecular formula is C14H18O3. The highest BCUT2D eigenvalue weighted by molar-refractivity contribution is 5.79. The van der Waals surface area contributed by atoms with Gasteiger partial charge in [-0.15, -0.1) is 0 Å². The first-order valence-electron chi connectivity index (χ1n) is 5.88. The van der Waals surface area contributed by atoms with Crippen LogP contribution >= 0.6 is 0 Å². The molecule has 0 amide bonds. The van der Waals surface area contributed by atoms with Crippen molar-refractivity contribution >= 4 is 5.97 Å². The molecule has 1 aromatic carbocycles.